The number of rotatable bonds is 3. The maximum Gasteiger partial charge on any atom is 0.0525 e. The van der Waals surface area contributed by atoms with Crippen molar-refractivity contribution in [3.05, 3.63) is 30.3 Å². The van der Waals surface area contributed by atoms with Crippen LogP contribution in [0.5, 0.6) is 0 Å². The van der Waals surface area contributed by atoms with Crippen molar-refractivity contribution in [2.75, 3.05) is 12.4 Å². The van der Waals surface area contributed by atoms with E-state index in [4.69, 9.17) is 5.11 Å². The van der Waals surface area contributed by atoms with Crippen LogP contribution in [0.4, 0.5) is 0 Å². The van der Waals surface area contributed by atoms with Gasteiger partial charge in [-0.25, -0.2) is 0 Å². The molecule has 0 saturated heterocycles. The van der Waals surface area contributed by atoms with E-state index in [0.717, 1.165) is 5.75 Å². The van der Waals surface area contributed by atoms with Crippen molar-refractivity contribution in [3.63, 3.8) is 0 Å². The second kappa shape index (κ2) is 6.22. The van der Waals surface area contributed by atoms with Gasteiger partial charge in [0.05, 0.1) is 6.61 Å². The summed E-state index contributed by atoms with van der Waals surface area (Å²) in [5.41, 5.74) is 0. The Hall–Kier alpha value is -0.510. The minimum Gasteiger partial charge on any atom is -0.412 e. The Balaban J connectivity index is 0.000001000. The van der Waals surface area contributed by atoms with Crippen LogP contribution in [0.2, 0.25) is 0 Å². The van der Waals surface area contributed by atoms with Gasteiger partial charge in [0.2, 0.25) is 0 Å². The van der Waals surface area contributed by atoms with Crippen LogP contribution in [0.1, 0.15) is 0 Å². The molecule has 1 aromatic rings. The van der Waals surface area contributed by atoms with Crippen molar-refractivity contribution in [3.8, 4) is 0 Å². The number of hydrogen-bond donors (Lipinski definition) is 1. The third-order valence-corrected chi connectivity index (χ3v) is 2.10. The highest BCUT2D eigenvalue weighted by Gasteiger charge is 1.88. The normalized spacial score (nSPS) is 8.82. The second-order valence-electron chi connectivity index (χ2n) is 1.89. The lowest BCUT2D eigenvalue weighted by molar-refractivity contribution is 0.322. The highest BCUT2D eigenvalue weighted by Crippen LogP contribution is 2.15. The van der Waals surface area contributed by atoms with Crippen LogP contribution in [0, 0.1) is 0 Å². The molecular weight excluding hydrogens is 160 g/mol. The molecule has 0 aliphatic carbocycles. The third kappa shape index (κ3) is 4.03. The first kappa shape index (κ1) is 10.5. The largest absolute Gasteiger partial charge is 0.412 e. The van der Waals surface area contributed by atoms with Gasteiger partial charge in [-0.2, -0.15) is 0 Å². The zero-order valence-electron chi connectivity index (χ0n) is 6.16. The number of hydrogen-bond acceptors (Lipinski definition) is 2. The molecule has 1 aromatic carbocycles. The molecule has 0 heterocycles. The summed E-state index contributed by atoms with van der Waals surface area (Å²) in [6, 6.07) is 10.1. The zero-order chi connectivity index (χ0) is 7.23. The molecule has 0 radical (unpaired) electrons. The van der Waals surface area contributed by atoms with E-state index in [2.05, 4.69) is 0 Å². The monoisotopic (exact) mass is 172 g/mol. The molecule has 62 valence electrons. The van der Waals surface area contributed by atoms with Crippen LogP contribution in [0.15, 0.2) is 35.2 Å². The molecule has 2 nitrogen and oxygen atoms in total. The fraction of sp³-hybridized carbons (Fsp3) is 0.250. The minimum atomic E-state index is 0. The molecule has 0 aliphatic rings. The summed E-state index contributed by atoms with van der Waals surface area (Å²) >= 11 is 1.67. The molecule has 0 unspecified atom stereocenters. The Morgan fingerprint density at radius 3 is 2.36 bits per heavy atom. The van der Waals surface area contributed by atoms with E-state index in [1.807, 2.05) is 30.3 Å². The quantitative estimate of drug-likeness (QED) is 0.690. The Labute approximate surface area is 70.6 Å². The van der Waals surface area contributed by atoms with Gasteiger partial charge < -0.3 is 10.6 Å². The fourth-order valence-corrected chi connectivity index (χ4v) is 1.36. The zero-order valence-corrected chi connectivity index (χ0v) is 6.97. The van der Waals surface area contributed by atoms with Crippen molar-refractivity contribution in [2.24, 2.45) is 0 Å². The van der Waals surface area contributed by atoms with Gasteiger partial charge >= 0.3 is 0 Å². The van der Waals surface area contributed by atoms with Gasteiger partial charge in [0.1, 0.15) is 0 Å². The number of aliphatic hydroxyl groups is 1. The van der Waals surface area contributed by atoms with E-state index in [-0.39, 0.29) is 12.1 Å². The van der Waals surface area contributed by atoms with Gasteiger partial charge in [-0.3, -0.25) is 0 Å². The molecule has 3 N–H and O–H groups in total. The predicted octanol–water partition coefficient (Wildman–Crippen LogP) is 0.946. The highest BCUT2D eigenvalue weighted by molar-refractivity contribution is 7.99. The summed E-state index contributed by atoms with van der Waals surface area (Å²) in [7, 11) is 0. The van der Waals surface area contributed by atoms with Crippen LogP contribution >= 0.6 is 11.8 Å². The Kier molecular flexibility index (Phi) is 5.93. The van der Waals surface area contributed by atoms with Crippen LogP contribution in [0.3, 0.4) is 0 Å². The summed E-state index contributed by atoms with van der Waals surface area (Å²) in [6.45, 7) is 0.250. The first-order valence-electron chi connectivity index (χ1n) is 3.22. The molecular formula is C8H12O2S. The van der Waals surface area contributed by atoms with Crippen LogP contribution in [-0.2, 0) is 0 Å². The summed E-state index contributed by atoms with van der Waals surface area (Å²) in [5, 5.41) is 8.51. The van der Waals surface area contributed by atoms with E-state index in [1.165, 1.54) is 4.90 Å². The average molecular weight is 172 g/mol. The van der Waals surface area contributed by atoms with Gasteiger partial charge in [0, 0.05) is 10.6 Å². The molecule has 0 saturated carbocycles. The van der Waals surface area contributed by atoms with Gasteiger partial charge in [0.25, 0.3) is 0 Å². The van der Waals surface area contributed by atoms with Gasteiger partial charge in [-0.15, -0.1) is 11.8 Å². The molecule has 0 aliphatic heterocycles. The Bertz CT molecular complexity index is 177. The SMILES string of the molecule is O.OCCSc1ccccc1. The lowest BCUT2D eigenvalue weighted by Gasteiger charge is -1.95. The van der Waals surface area contributed by atoms with Crippen molar-refractivity contribution in [1.29, 1.82) is 0 Å². The lowest BCUT2D eigenvalue weighted by Crippen LogP contribution is -1.84. The number of benzene rings is 1. The molecule has 1 rings (SSSR count). The molecule has 0 bridgehead atoms. The summed E-state index contributed by atoms with van der Waals surface area (Å²) in [6.07, 6.45) is 0. The summed E-state index contributed by atoms with van der Waals surface area (Å²) in [4.78, 5) is 1.22. The van der Waals surface area contributed by atoms with Gasteiger partial charge in [0.15, 0.2) is 0 Å². The van der Waals surface area contributed by atoms with E-state index in [0.29, 0.717) is 0 Å². The van der Waals surface area contributed by atoms with Crippen LogP contribution < -0.4 is 0 Å². The van der Waals surface area contributed by atoms with E-state index < -0.39 is 0 Å². The molecule has 11 heavy (non-hydrogen) atoms. The molecule has 0 aromatic heterocycles. The van der Waals surface area contributed by atoms with Crippen LogP contribution in [-0.4, -0.2) is 22.9 Å². The highest BCUT2D eigenvalue weighted by atomic mass is 32.2. The van der Waals surface area contributed by atoms with E-state index in [9.17, 15) is 0 Å². The average Bonchev–Trinajstić information content (AvgIpc) is 2.03. The second-order valence-corrected chi connectivity index (χ2v) is 3.05. The Morgan fingerprint density at radius 1 is 1.18 bits per heavy atom. The maximum absolute atomic E-state index is 8.51. The van der Waals surface area contributed by atoms with Gasteiger partial charge in [-0.1, -0.05) is 18.2 Å². The predicted molar refractivity (Wildman–Crippen MR) is 47.9 cm³/mol. The van der Waals surface area contributed by atoms with Crippen LogP contribution in [0.25, 0.3) is 0 Å². The third-order valence-electron chi connectivity index (χ3n) is 1.10. The summed E-state index contributed by atoms with van der Waals surface area (Å²) < 4.78 is 0. The van der Waals surface area contributed by atoms with Crippen molar-refractivity contribution < 1.29 is 10.6 Å². The fourth-order valence-electron chi connectivity index (χ4n) is 0.680. The number of aliphatic hydroxyl groups excluding tert-OH is 1. The standard InChI is InChI=1S/C8H10OS.H2O/c9-6-7-10-8-4-2-1-3-5-8;/h1-5,9H,6-7H2;1H2. The topological polar surface area (TPSA) is 51.7 Å². The lowest BCUT2D eigenvalue weighted by atomic mass is 10.4. The first-order chi connectivity index (χ1) is 4.93. The molecule has 3 heteroatoms. The van der Waals surface area contributed by atoms with E-state index in [1.54, 1.807) is 11.8 Å². The molecule has 0 spiro atoms. The smallest absolute Gasteiger partial charge is 0.0525 e. The summed E-state index contributed by atoms with van der Waals surface area (Å²) in [5.74, 6) is 0.782. The van der Waals surface area contributed by atoms with Gasteiger partial charge in [-0.05, 0) is 12.1 Å². The minimum absolute atomic E-state index is 0. The van der Waals surface area contributed by atoms with E-state index >= 15 is 0 Å². The molecule has 0 amide bonds. The van der Waals surface area contributed by atoms with Crippen molar-refractivity contribution in [2.45, 2.75) is 4.90 Å². The maximum atomic E-state index is 8.51. The molecule has 0 fully saturated rings. The number of thioether (sulfide) groups is 1. The van der Waals surface area contributed by atoms with Crippen molar-refractivity contribution >= 4 is 11.8 Å². The first-order valence-corrected chi connectivity index (χ1v) is 4.21. The van der Waals surface area contributed by atoms with Crippen molar-refractivity contribution in [1.82, 2.24) is 0 Å². The Morgan fingerprint density at radius 2 is 1.82 bits per heavy atom. The molecule has 0 atom stereocenters.